The highest BCUT2D eigenvalue weighted by molar-refractivity contribution is 5.76. The molecule has 0 atom stereocenters. The molecule has 2 fully saturated rings. The molecular formula is C12H22N2O2. The first-order chi connectivity index (χ1) is 7.68. The van der Waals surface area contributed by atoms with Crippen molar-refractivity contribution in [1.29, 1.82) is 0 Å². The van der Waals surface area contributed by atoms with E-state index in [1.165, 1.54) is 0 Å². The van der Waals surface area contributed by atoms with Gasteiger partial charge in [0.1, 0.15) is 0 Å². The summed E-state index contributed by atoms with van der Waals surface area (Å²) in [5, 5.41) is 0. The predicted octanol–water partition coefficient (Wildman–Crippen LogP) is 1.56. The first-order valence-corrected chi connectivity index (χ1v) is 6.32. The largest absolute Gasteiger partial charge is 0.381 e. The summed E-state index contributed by atoms with van der Waals surface area (Å²) in [6.45, 7) is 8.59. The third kappa shape index (κ3) is 2.48. The molecule has 0 aromatic heterocycles. The van der Waals surface area contributed by atoms with E-state index in [1.807, 2.05) is 9.80 Å². The number of nitrogens with zero attached hydrogens (tertiary/aromatic N) is 2. The van der Waals surface area contributed by atoms with Crippen LogP contribution in [0.2, 0.25) is 0 Å². The quantitative estimate of drug-likeness (QED) is 0.731. The van der Waals surface area contributed by atoms with Crippen molar-refractivity contribution >= 4 is 6.03 Å². The van der Waals surface area contributed by atoms with E-state index < -0.39 is 0 Å². The first-order valence-electron chi connectivity index (χ1n) is 6.32. The lowest BCUT2D eigenvalue weighted by Crippen LogP contribution is -2.39. The van der Waals surface area contributed by atoms with Crippen molar-refractivity contribution < 1.29 is 9.53 Å². The zero-order chi connectivity index (χ0) is 11.5. The average Bonchev–Trinajstić information content (AvgIpc) is 2.62. The summed E-state index contributed by atoms with van der Waals surface area (Å²) < 4.78 is 5.34. The van der Waals surface area contributed by atoms with Crippen LogP contribution in [0.15, 0.2) is 0 Å². The number of ether oxygens (including phenoxy) is 1. The third-order valence-corrected chi connectivity index (χ3v) is 3.57. The van der Waals surface area contributed by atoms with Crippen LogP contribution in [0.25, 0.3) is 0 Å². The molecule has 0 aliphatic carbocycles. The maximum atomic E-state index is 12.0. The number of urea groups is 1. The minimum atomic E-state index is 0.224. The molecule has 2 aliphatic heterocycles. The molecule has 0 spiro atoms. The molecule has 0 saturated carbocycles. The van der Waals surface area contributed by atoms with Gasteiger partial charge in [-0.3, -0.25) is 0 Å². The number of carbonyl (C=O) groups is 1. The van der Waals surface area contributed by atoms with Gasteiger partial charge >= 0.3 is 6.03 Å². The molecule has 0 N–H and O–H groups in total. The molecule has 2 rings (SSSR count). The van der Waals surface area contributed by atoms with Crippen molar-refractivity contribution in [3.05, 3.63) is 0 Å². The van der Waals surface area contributed by atoms with Crippen molar-refractivity contribution in [2.24, 2.45) is 5.92 Å². The molecule has 2 heterocycles. The Morgan fingerprint density at radius 1 is 1.31 bits per heavy atom. The van der Waals surface area contributed by atoms with Gasteiger partial charge in [0, 0.05) is 38.9 Å². The van der Waals surface area contributed by atoms with Crippen LogP contribution in [0.5, 0.6) is 0 Å². The van der Waals surface area contributed by atoms with Crippen LogP contribution >= 0.6 is 0 Å². The Bertz CT molecular complexity index is 249. The van der Waals surface area contributed by atoms with E-state index in [1.54, 1.807) is 0 Å². The van der Waals surface area contributed by atoms with Gasteiger partial charge in [-0.1, -0.05) is 0 Å². The number of hydrogen-bond acceptors (Lipinski definition) is 2. The second kappa shape index (κ2) is 5.04. The summed E-state index contributed by atoms with van der Waals surface area (Å²) in [7, 11) is 0. The summed E-state index contributed by atoms with van der Waals surface area (Å²) >= 11 is 0. The van der Waals surface area contributed by atoms with Gasteiger partial charge in [0.25, 0.3) is 0 Å². The summed E-state index contributed by atoms with van der Waals surface area (Å²) in [4.78, 5) is 16.0. The second-order valence-electron chi connectivity index (χ2n) is 5.07. The Morgan fingerprint density at radius 2 is 2.00 bits per heavy atom. The molecule has 0 aromatic carbocycles. The molecule has 2 saturated heterocycles. The third-order valence-electron chi connectivity index (χ3n) is 3.57. The minimum absolute atomic E-state index is 0.224. The highest BCUT2D eigenvalue weighted by Gasteiger charge is 2.31. The lowest BCUT2D eigenvalue weighted by atomic mass is 10.00. The maximum Gasteiger partial charge on any atom is 0.320 e. The summed E-state index contributed by atoms with van der Waals surface area (Å²) in [5.41, 5.74) is 0. The minimum Gasteiger partial charge on any atom is -0.381 e. The van der Waals surface area contributed by atoms with Crippen molar-refractivity contribution in [3.8, 4) is 0 Å². The molecule has 92 valence electrons. The fraction of sp³-hybridized carbons (Fsp3) is 0.917. The smallest absolute Gasteiger partial charge is 0.320 e. The lowest BCUT2D eigenvalue weighted by molar-refractivity contribution is 0.0578. The fourth-order valence-corrected chi connectivity index (χ4v) is 2.49. The number of hydrogen-bond donors (Lipinski definition) is 0. The average molecular weight is 226 g/mol. The molecular weight excluding hydrogens is 204 g/mol. The van der Waals surface area contributed by atoms with E-state index >= 15 is 0 Å². The van der Waals surface area contributed by atoms with Crippen LogP contribution in [-0.2, 0) is 4.74 Å². The van der Waals surface area contributed by atoms with Crippen molar-refractivity contribution in [1.82, 2.24) is 9.80 Å². The molecule has 4 heteroatoms. The zero-order valence-electron chi connectivity index (χ0n) is 10.3. The Morgan fingerprint density at radius 3 is 2.56 bits per heavy atom. The van der Waals surface area contributed by atoms with Crippen LogP contribution in [0.3, 0.4) is 0 Å². The Labute approximate surface area is 97.5 Å². The topological polar surface area (TPSA) is 32.8 Å². The van der Waals surface area contributed by atoms with E-state index in [2.05, 4.69) is 13.8 Å². The van der Waals surface area contributed by atoms with Crippen LogP contribution in [0.1, 0.15) is 26.7 Å². The highest BCUT2D eigenvalue weighted by Crippen LogP contribution is 2.20. The molecule has 4 nitrogen and oxygen atoms in total. The number of rotatable bonds is 3. The van der Waals surface area contributed by atoms with Gasteiger partial charge in [0.05, 0.1) is 0 Å². The summed E-state index contributed by atoms with van der Waals surface area (Å²) in [5.74, 6) is 0.643. The van der Waals surface area contributed by atoms with Gasteiger partial charge in [-0.25, -0.2) is 4.79 Å². The Balaban J connectivity index is 1.84. The molecule has 0 aromatic rings. The van der Waals surface area contributed by atoms with Gasteiger partial charge in [-0.05, 0) is 32.6 Å². The molecule has 0 radical (unpaired) electrons. The Hall–Kier alpha value is -0.770. The van der Waals surface area contributed by atoms with E-state index in [0.29, 0.717) is 12.0 Å². The molecule has 2 aliphatic rings. The van der Waals surface area contributed by atoms with Crippen LogP contribution < -0.4 is 0 Å². The lowest BCUT2D eigenvalue weighted by Gasteiger charge is -2.27. The van der Waals surface area contributed by atoms with E-state index in [4.69, 9.17) is 4.74 Å². The normalized spacial score (nSPS) is 23.6. The molecule has 2 amide bonds. The summed E-state index contributed by atoms with van der Waals surface area (Å²) in [6, 6.07) is 0.550. The van der Waals surface area contributed by atoms with Gasteiger partial charge in [0.2, 0.25) is 0 Å². The predicted molar refractivity (Wildman–Crippen MR) is 62.4 cm³/mol. The van der Waals surface area contributed by atoms with Gasteiger partial charge in [0.15, 0.2) is 0 Å². The number of carbonyl (C=O) groups excluding carboxylic acids is 1. The standard InChI is InChI=1S/C12H22N2O2/c1-10(2)14-6-5-13(12(14)15)9-11-3-7-16-8-4-11/h10-11H,3-9H2,1-2H3. The van der Waals surface area contributed by atoms with E-state index in [9.17, 15) is 4.79 Å². The molecule has 16 heavy (non-hydrogen) atoms. The van der Waals surface area contributed by atoms with Crippen LogP contribution in [-0.4, -0.2) is 54.7 Å². The van der Waals surface area contributed by atoms with Gasteiger partial charge in [-0.2, -0.15) is 0 Å². The van der Waals surface area contributed by atoms with Crippen molar-refractivity contribution in [2.45, 2.75) is 32.7 Å². The zero-order valence-corrected chi connectivity index (χ0v) is 10.3. The SMILES string of the molecule is CC(C)N1CCN(CC2CCOCC2)C1=O. The molecule has 0 bridgehead atoms. The van der Waals surface area contributed by atoms with E-state index in [0.717, 1.165) is 45.7 Å². The Kier molecular flexibility index (Phi) is 3.69. The monoisotopic (exact) mass is 226 g/mol. The maximum absolute atomic E-state index is 12.0. The highest BCUT2D eigenvalue weighted by atomic mass is 16.5. The van der Waals surface area contributed by atoms with Crippen molar-refractivity contribution in [3.63, 3.8) is 0 Å². The van der Waals surface area contributed by atoms with E-state index in [-0.39, 0.29) is 6.03 Å². The first kappa shape index (κ1) is 11.7. The summed E-state index contributed by atoms with van der Waals surface area (Å²) in [6.07, 6.45) is 2.21. The number of amides is 2. The van der Waals surface area contributed by atoms with Gasteiger partial charge < -0.3 is 14.5 Å². The van der Waals surface area contributed by atoms with Gasteiger partial charge in [-0.15, -0.1) is 0 Å². The van der Waals surface area contributed by atoms with Crippen LogP contribution in [0, 0.1) is 5.92 Å². The molecule has 0 unspecified atom stereocenters. The van der Waals surface area contributed by atoms with Crippen molar-refractivity contribution in [2.75, 3.05) is 32.8 Å². The van der Waals surface area contributed by atoms with Crippen LogP contribution in [0.4, 0.5) is 4.79 Å². The second-order valence-corrected chi connectivity index (χ2v) is 5.07. The fourth-order valence-electron chi connectivity index (χ4n) is 2.49.